The highest BCUT2D eigenvalue weighted by Gasteiger charge is 2.10. The predicted molar refractivity (Wildman–Crippen MR) is 101 cm³/mol. The molecule has 0 heterocycles. The Balaban J connectivity index is 1.84. The van der Waals surface area contributed by atoms with E-state index in [1.54, 1.807) is 26.4 Å². The van der Waals surface area contributed by atoms with Gasteiger partial charge in [-0.1, -0.05) is 41.4 Å². The number of amides is 1. The van der Waals surface area contributed by atoms with Crippen LogP contribution in [-0.4, -0.2) is 26.7 Å². The van der Waals surface area contributed by atoms with Crippen LogP contribution in [0.2, 0.25) is 5.02 Å². The van der Waals surface area contributed by atoms with Crippen LogP contribution in [-0.2, 0) is 11.3 Å². The van der Waals surface area contributed by atoms with Crippen molar-refractivity contribution in [2.45, 2.75) is 19.9 Å². The van der Waals surface area contributed by atoms with Gasteiger partial charge in [0.1, 0.15) is 11.5 Å². The third-order valence-corrected chi connectivity index (χ3v) is 4.01. The maximum Gasteiger partial charge on any atom is 0.222 e. The highest BCUT2D eigenvalue weighted by molar-refractivity contribution is 6.32. The predicted octanol–water partition coefficient (Wildman–Crippen LogP) is 3.78. The van der Waals surface area contributed by atoms with E-state index in [9.17, 15) is 4.79 Å². The summed E-state index contributed by atoms with van der Waals surface area (Å²) in [5.41, 5.74) is 3.00. The first-order valence-electron chi connectivity index (χ1n) is 8.01. The first-order valence-corrected chi connectivity index (χ1v) is 8.39. The summed E-state index contributed by atoms with van der Waals surface area (Å²) in [6.45, 7) is 3.03. The van der Waals surface area contributed by atoms with E-state index >= 15 is 0 Å². The van der Waals surface area contributed by atoms with Gasteiger partial charge in [-0.15, -0.1) is 0 Å². The number of anilines is 1. The molecule has 0 fully saturated rings. The van der Waals surface area contributed by atoms with Crippen molar-refractivity contribution in [3.8, 4) is 11.5 Å². The van der Waals surface area contributed by atoms with E-state index in [4.69, 9.17) is 21.1 Å². The molecule has 2 rings (SSSR count). The number of methoxy groups -OCH3 is 2. The van der Waals surface area contributed by atoms with Crippen LogP contribution < -0.4 is 20.1 Å². The summed E-state index contributed by atoms with van der Waals surface area (Å²) < 4.78 is 10.5. The first-order chi connectivity index (χ1) is 12.0. The van der Waals surface area contributed by atoms with Gasteiger partial charge in [-0.2, -0.15) is 0 Å². The molecule has 0 aromatic heterocycles. The Morgan fingerprint density at radius 3 is 2.56 bits per heavy atom. The molecule has 0 saturated heterocycles. The Morgan fingerprint density at radius 2 is 1.88 bits per heavy atom. The monoisotopic (exact) mass is 362 g/mol. The summed E-state index contributed by atoms with van der Waals surface area (Å²) >= 11 is 6.08. The molecule has 6 heteroatoms. The third kappa shape index (κ3) is 5.57. The second-order valence-electron chi connectivity index (χ2n) is 5.63. The maximum absolute atomic E-state index is 12.0. The quantitative estimate of drug-likeness (QED) is 0.750. The van der Waals surface area contributed by atoms with E-state index in [0.29, 0.717) is 36.0 Å². The zero-order valence-corrected chi connectivity index (χ0v) is 15.4. The molecular weight excluding hydrogens is 340 g/mol. The van der Waals surface area contributed by atoms with Gasteiger partial charge in [0, 0.05) is 31.6 Å². The summed E-state index contributed by atoms with van der Waals surface area (Å²) in [4.78, 5) is 12.0. The SMILES string of the molecule is COc1cc(NCCC(=O)NCc2cccc(C)c2)c(OC)cc1Cl. The number of nitrogens with one attached hydrogen (secondary N) is 2. The molecule has 2 aromatic rings. The molecule has 1 amide bonds. The molecule has 0 aliphatic carbocycles. The summed E-state index contributed by atoms with van der Waals surface area (Å²) in [7, 11) is 3.12. The summed E-state index contributed by atoms with van der Waals surface area (Å²) in [6.07, 6.45) is 0.347. The van der Waals surface area contributed by atoms with Crippen molar-refractivity contribution >= 4 is 23.2 Å². The van der Waals surface area contributed by atoms with Crippen molar-refractivity contribution in [3.63, 3.8) is 0 Å². The zero-order valence-electron chi connectivity index (χ0n) is 14.7. The average molecular weight is 363 g/mol. The van der Waals surface area contributed by atoms with Gasteiger partial charge in [0.15, 0.2) is 0 Å². The molecule has 2 aromatic carbocycles. The standard InChI is InChI=1S/C19H23ClN2O3/c1-13-5-4-6-14(9-13)12-22-19(23)7-8-21-16-11-17(24-2)15(20)10-18(16)25-3/h4-6,9-11,21H,7-8,12H2,1-3H3,(H,22,23). The lowest BCUT2D eigenvalue weighted by Crippen LogP contribution is -2.24. The van der Waals surface area contributed by atoms with E-state index in [1.165, 1.54) is 5.56 Å². The van der Waals surface area contributed by atoms with Crippen molar-refractivity contribution in [1.29, 1.82) is 0 Å². The first kappa shape index (κ1) is 18.9. The molecule has 0 radical (unpaired) electrons. The fraction of sp³-hybridized carbons (Fsp3) is 0.316. The molecule has 25 heavy (non-hydrogen) atoms. The smallest absolute Gasteiger partial charge is 0.222 e. The van der Waals surface area contributed by atoms with Crippen LogP contribution in [0.1, 0.15) is 17.5 Å². The normalized spacial score (nSPS) is 10.2. The largest absolute Gasteiger partial charge is 0.495 e. The third-order valence-electron chi connectivity index (χ3n) is 3.71. The molecule has 0 spiro atoms. The van der Waals surface area contributed by atoms with E-state index in [2.05, 4.69) is 16.7 Å². The lowest BCUT2D eigenvalue weighted by atomic mass is 10.1. The van der Waals surface area contributed by atoms with Gasteiger partial charge < -0.3 is 20.1 Å². The van der Waals surface area contributed by atoms with Gasteiger partial charge in [-0.05, 0) is 12.5 Å². The molecule has 2 N–H and O–H groups in total. The zero-order chi connectivity index (χ0) is 18.2. The minimum atomic E-state index is -0.0195. The van der Waals surface area contributed by atoms with Crippen LogP contribution in [0.15, 0.2) is 36.4 Å². The molecule has 0 aliphatic rings. The summed E-state index contributed by atoms with van der Waals surface area (Å²) in [5, 5.41) is 6.57. The number of hydrogen-bond donors (Lipinski definition) is 2. The van der Waals surface area contributed by atoms with E-state index in [-0.39, 0.29) is 5.91 Å². The number of rotatable bonds is 8. The number of ether oxygens (including phenoxy) is 2. The molecule has 5 nitrogen and oxygen atoms in total. The van der Waals surface area contributed by atoms with Crippen LogP contribution in [0.25, 0.3) is 0 Å². The van der Waals surface area contributed by atoms with Crippen molar-refractivity contribution in [3.05, 3.63) is 52.5 Å². The number of halogens is 1. The Kier molecular flexibility index (Phi) is 6.95. The maximum atomic E-state index is 12.0. The van der Waals surface area contributed by atoms with Crippen molar-refractivity contribution in [1.82, 2.24) is 5.32 Å². The van der Waals surface area contributed by atoms with Crippen LogP contribution in [0.5, 0.6) is 11.5 Å². The Bertz CT molecular complexity index is 735. The van der Waals surface area contributed by atoms with Crippen molar-refractivity contribution in [2.24, 2.45) is 0 Å². The Hall–Kier alpha value is -2.40. The number of benzene rings is 2. The Morgan fingerprint density at radius 1 is 1.12 bits per heavy atom. The van der Waals surface area contributed by atoms with E-state index in [1.807, 2.05) is 25.1 Å². The van der Waals surface area contributed by atoms with Crippen LogP contribution in [0.3, 0.4) is 0 Å². The number of aryl methyl sites for hydroxylation is 1. The van der Waals surface area contributed by atoms with Gasteiger partial charge >= 0.3 is 0 Å². The molecule has 0 atom stereocenters. The van der Waals surface area contributed by atoms with Crippen molar-refractivity contribution in [2.75, 3.05) is 26.1 Å². The van der Waals surface area contributed by atoms with Gasteiger partial charge in [0.25, 0.3) is 0 Å². The lowest BCUT2D eigenvalue weighted by Gasteiger charge is -2.14. The molecule has 134 valence electrons. The fourth-order valence-electron chi connectivity index (χ4n) is 2.42. The number of hydrogen-bond acceptors (Lipinski definition) is 4. The second kappa shape index (κ2) is 9.18. The number of carbonyl (C=O) groups excluding carboxylic acids is 1. The number of carbonyl (C=O) groups is 1. The van der Waals surface area contributed by atoms with Gasteiger partial charge in [0.2, 0.25) is 5.91 Å². The van der Waals surface area contributed by atoms with Gasteiger partial charge in [0.05, 0.1) is 24.9 Å². The van der Waals surface area contributed by atoms with Gasteiger partial charge in [-0.3, -0.25) is 4.79 Å². The summed E-state index contributed by atoms with van der Waals surface area (Å²) in [5.74, 6) is 1.13. The summed E-state index contributed by atoms with van der Waals surface area (Å²) in [6, 6.07) is 11.5. The molecule has 0 unspecified atom stereocenters. The lowest BCUT2D eigenvalue weighted by molar-refractivity contribution is -0.121. The molecule has 0 bridgehead atoms. The van der Waals surface area contributed by atoms with Crippen LogP contribution in [0.4, 0.5) is 5.69 Å². The van der Waals surface area contributed by atoms with E-state index < -0.39 is 0 Å². The second-order valence-corrected chi connectivity index (χ2v) is 6.04. The minimum absolute atomic E-state index is 0.0195. The average Bonchev–Trinajstić information content (AvgIpc) is 2.60. The molecular formula is C19H23ClN2O3. The highest BCUT2D eigenvalue weighted by atomic mass is 35.5. The minimum Gasteiger partial charge on any atom is -0.495 e. The van der Waals surface area contributed by atoms with Crippen molar-refractivity contribution < 1.29 is 14.3 Å². The van der Waals surface area contributed by atoms with Gasteiger partial charge in [-0.25, -0.2) is 0 Å². The van der Waals surface area contributed by atoms with Crippen LogP contribution >= 0.6 is 11.6 Å². The van der Waals surface area contributed by atoms with E-state index in [0.717, 1.165) is 11.3 Å². The Labute approximate surface area is 153 Å². The highest BCUT2D eigenvalue weighted by Crippen LogP contribution is 2.35. The topological polar surface area (TPSA) is 59.6 Å². The molecule has 0 saturated carbocycles. The van der Waals surface area contributed by atoms with Crippen LogP contribution in [0, 0.1) is 6.92 Å². The fourth-order valence-corrected chi connectivity index (χ4v) is 2.65. The molecule has 0 aliphatic heterocycles.